The summed E-state index contributed by atoms with van der Waals surface area (Å²) in [6, 6.07) is 1.11. The first-order valence-corrected chi connectivity index (χ1v) is 8.41. The topological polar surface area (TPSA) is 44.4 Å². The SMILES string of the molecule is CC(NCCN(C)C1CCCC1)C(=O)NC1CCCC1. The molecule has 0 aromatic carbocycles. The van der Waals surface area contributed by atoms with Gasteiger partial charge < -0.3 is 15.5 Å². The number of carbonyl (C=O) groups excluding carboxylic acids is 1. The third-order valence-electron chi connectivity index (χ3n) is 4.96. The fraction of sp³-hybridized carbons (Fsp3) is 0.938. The largest absolute Gasteiger partial charge is 0.352 e. The molecule has 20 heavy (non-hydrogen) atoms. The van der Waals surface area contributed by atoms with E-state index >= 15 is 0 Å². The molecular weight excluding hydrogens is 250 g/mol. The van der Waals surface area contributed by atoms with Gasteiger partial charge in [0.1, 0.15) is 0 Å². The summed E-state index contributed by atoms with van der Waals surface area (Å²) in [5.41, 5.74) is 0. The lowest BCUT2D eigenvalue weighted by Gasteiger charge is -2.25. The Hall–Kier alpha value is -0.610. The van der Waals surface area contributed by atoms with Crippen molar-refractivity contribution in [3.63, 3.8) is 0 Å². The Labute approximate surface area is 123 Å². The molecule has 0 bridgehead atoms. The minimum absolute atomic E-state index is 0.0763. The van der Waals surface area contributed by atoms with Gasteiger partial charge in [0, 0.05) is 25.2 Å². The maximum atomic E-state index is 12.0. The second kappa shape index (κ2) is 7.99. The molecule has 1 amide bonds. The van der Waals surface area contributed by atoms with Crippen molar-refractivity contribution in [2.75, 3.05) is 20.1 Å². The quantitative estimate of drug-likeness (QED) is 0.749. The molecule has 4 heteroatoms. The highest BCUT2D eigenvalue weighted by Crippen LogP contribution is 2.21. The van der Waals surface area contributed by atoms with Gasteiger partial charge in [-0.3, -0.25) is 4.79 Å². The van der Waals surface area contributed by atoms with Crippen LogP contribution in [0.1, 0.15) is 58.3 Å². The van der Waals surface area contributed by atoms with Crippen LogP contribution in [0.3, 0.4) is 0 Å². The summed E-state index contributed by atoms with van der Waals surface area (Å²) in [6.07, 6.45) is 10.3. The Kier molecular flexibility index (Phi) is 6.30. The van der Waals surface area contributed by atoms with Crippen LogP contribution >= 0.6 is 0 Å². The van der Waals surface area contributed by atoms with E-state index in [0.29, 0.717) is 6.04 Å². The van der Waals surface area contributed by atoms with Gasteiger partial charge in [-0.15, -0.1) is 0 Å². The molecule has 116 valence electrons. The zero-order chi connectivity index (χ0) is 14.4. The molecule has 1 atom stereocenters. The summed E-state index contributed by atoms with van der Waals surface area (Å²) in [6.45, 7) is 3.90. The van der Waals surface area contributed by atoms with E-state index in [1.807, 2.05) is 6.92 Å². The van der Waals surface area contributed by atoms with Gasteiger partial charge in [0.25, 0.3) is 0 Å². The van der Waals surface area contributed by atoms with Gasteiger partial charge in [-0.1, -0.05) is 25.7 Å². The van der Waals surface area contributed by atoms with Crippen LogP contribution in [-0.2, 0) is 4.79 Å². The smallest absolute Gasteiger partial charge is 0.237 e. The van der Waals surface area contributed by atoms with Crippen LogP contribution in [0.4, 0.5) is 0 Å². The van der Waals surface area contributed by atoms with Gasteiger partial charge in [0.15, 0.2) is 0 Å². The zero-order valence-corrected chi connectivity index (χ0v) is 13.2. The number of carbonyl (C=O) groups is 1. The third-order valence-corrected chi connectivity index (χ3v) is 4.96. The third kappa shape index (κ3) is 4.74. The molecule has 1 unspecified atom stereocenters. The molecule has 2 fully saturated rings. The molecule has 0 radical (unpaired) electrons. The Morgan fingerprint density at radius 2 is 1.75 bits per heavy atom. The number of hydrogen-bond acceptors (Lipinski definition) is 3. The van der Waals surface area contributed by atoms with Crippen molar-refractivity contribution in [2.45, 2.75) is 76.4 Å². The molecule has 2 rings (SSSR count). The van der Waals surface area contributed by atoms with E-state index in [9.17, 15) is 4.79 Å². The fourth-order valence-corrected chi connectivity index (χ4v) is 3.47. The van der Waals surface area contributed by atoms with Crippen molar-refractivity contribution in [1.29, 1.82) is 0 Å². The monoisotopic (exact) mass is 281 g/mol. The summed E-state index contributed by atoms with van der Waals surface area (Å²) in [5, 5.41) is 6.51. The predicted molar refractivity (Wildman–Crippen MR) is 82.7 cm³/mol. The van der Waals surface area contributed by atoms with Crippen LogP contribution in [-0.4, -0.2) is 49.1 Å². The number of nitrogens with one attached hydrogen (secondary N) is 2. The summed E-state index contributed by atoms with van der Waals surface area (Å²) in [7, 11) is 2.21. The van der Waals surface area contributed by atoms with Crippen LogP contribution in [0.2, 0.25) is 0 Å². The van der Waals surface area contributed by atoms with Crippen LogP contribution < -0.4 is 10.6 Å². The molecule has 2 aliphatic rings. The van der Waals surface area contributed by atoms with E-state index in [1.54, 1.807) is 0 Å². The molecule has 0 saturated heterocycles. The summed E-state index contributed by atoms with van der Waals surface area (Å²) >= 11 is 0. The van der Waals surface area contributed by atoms with Gasteiger partial charge in [0.2, 0.25) is 5.91 Å². The number of amides is 1. The first-order chi connectivity index (χ1) is 9.66. The second-order valence-electron chi connectivity index (χ2n) is 6.58. The first kappa shape index (κ1) is 15.8. The lowest BCUT2D eigenvalue weighted by molar-refractivity contribution is -0.123. The Balaban J connectivity index is 1.58. The molecule has 2 N–H and O–H groups in total. The molecule has 0 spiro atoms. The van der Waals surface area contributed by atoms with Crippen LogP contribution in [0.15, 0.2) is 0 Å². The second-order valence-corrected chi connectivity index (χ2v) is 6.58. The van der Waals surface area contributed by atoms with Crippen LogP contribution in [0.25, 0.3) is 0 Å². The van der Waals surface area contributed by atoms with Gasteiger partial charge in [0.05, 0.1) is 6.04 Å². The standard InChI is InChI=1S/C16H31N3O/c1-13(16(20)18-14-7-3-4-8-14)17-11-12-19(2)15-9-5-6-10-15/h13-15,17H,3-12H2,1-2H3,(H,18,20). The summed E-state index contributed by atoms with van der Waals surface area (Å²) in [4.78, 5) is 14.5. The first-order valence-electron chi connectivity index (χ1n) is 8.41. The Bertz CT molecular complexity index is 296. The van der Waals surface area contributed by atoms with Crippen molar-refractivity contribution in [3.8, 4) is 0 Å². The minimum Gasteiger partial charge on any atom is -0.352 e. The van der Waals surface area contributed by atoms with Gasteiger partial charge in [-0.25, -0.2) is 0 Å². The molecule has 0 aromatic rings. The van der Waals surface area contributed by atoms with Gasteiger partial charge in [-0.05, 0) is 39.7 Å². The van der Waals surface area contributed by atoms with E-state index < -0.39 is 0 Å². The average molecular weight is 281 g/mol. The van der Waals surface area contributed by atoms with Crippen LogP contribution in [0, 0.1) is 0 Å². The molecule has 0 aromatic heterocycles. The van der Waals surface area contributed by atoms with E-state index in [2.05, 4.69) is 22.6 Å². The van der Waals surface area contributed by atoms with Crippen LogP contribution in [0.5, 0.6) is 0 Å². The van der Waals surface area contributed by atoms with E-state index in [-0.39, 0.29) is 11.9 Å². The highest BCUT2D eigenvalue weighted by molar-refractivity contribution is 5.81. The molecule has 0 heterocycles. The summed E-state index contributed by atoms with van der Waals surface area (Å²) in [5.74, 6) is 0.167. The number of hydrogen-bond donors (Lipinski definition) is 2. The lowest BCUT2D eigenvalue weighted by Crippen LogP contribution is -2.47. The van der Waals surface area contributed by atoms with E-state index in [0.717, 1.165) is 32.0 Å². The highest BCUT2D eigenvalue weighted by Gasteiger charge is 2.21. The normalized spacial score (nSPS) is 22.6. The molecule has 2 saturated carbocycles. The molecular formula is C16H31N3O. The van der Waals surface area contributed by atoms with Crippen molar-refractivity contribution < 1.29 is 4.79 Å². The molecule has 2 aliphatic carbocycles. The lowest BCUT2D eigenvalue weighted by atomic mass is 10.2. The van der Waals surface area contributed by atoms with Crippen molar-refractivity contribution in [2.24, 2.45) is 0 Å². The van der Waals surface area contributed by atoms with E-state index in [4.69, 9.17) is 0 Å². The number of rotatable bonds is 7. The van der Waals surface area contributed by atoms with E-state index in [1.165, 1.54) is 38.5 Å². The van der Waals surface area contributed by atoms with Gasteiger partial charge in [-0.2, -0.15) is 0 Å². The maximum Gasteiger partial charge on any atom is 0.237 e. The molecule has 0 aliphatic heterocycles. The zero-order valence-electron chi connectivity index (χ0n) is 13.2. The molecule has 4 nitrogen and oxygen atoms in total. The Morgan fingerprint density at radius 1 is 1.15 bits per heavy atom. The highest BCUT2D eigenvalue weighted by atomic mass is 16.2. The van der Waals surface area contributed by atoms with Crippen molar-refractivity contribution in [1.82, 2.24) is 15.5 Å². The maximum absolute atomic E-state index is 12.0. The predicted octanol–water partition coefficient (Wildman–Crippen LogP) is 1.90. The number of nitrogens with zero attached hydrogens (tertiary/aromatic N) is 1. The number of likely N-dealkylation sites (N-methyl/N-ethyl adjacent to an activating group) is 1. The fourth-order valence-electron chi connectivity index (χ4n) is 3.47. The Morgan fingerprint density at radius 3 is 2.40 bits per heavy atom. The van der Waals surface area contributed by atoms with Gasteiger partial charge >= 0.3 is 0 Å². The van der Waals surface area contributed by atoms with Crippen molar-refractivity contribution in [3.05, 3.63) is 0 Å². The van der Waals surface area contributed by atoms with Crippen molar-refractivity contribution >= 4 is 5.91 Å². The average Bonchev–Trinajstić information content (AvgIpc) is 3.11. The summed E-state index contributed by atoms with van der Waals surface area (Å²) < 4.78 is 0. The minimum atomic E-state index is -0.0763.